The third kappa shape index (κ3) is 4.54. The van der Waals surface area contributed by atoms with Gasteiger partial charge in [-0.3, -0.25) is 4.79 Å². The molecule has 2 heterocycles. The van der Waals surface area contributed by atoms with Gasteiger partial charge in [-0.05, 0) is 56.3 Å². The number of likely N-dealkylation sites (tertiary alicyclic amines) is 1. The summed E-state index contributed by atoms with van der Waals surface area (Å²) in [6.45, 7) is 1.94. The minimum absolute atomic E-state index is 0. The molecule has 0 aliphatic carbocycles. The molecule has 128 valence electrons. The quantitative estimate of drug-likeness (QED) is 0.831. The molecule has 0 saturated carbocycles. The fraction of sp³-hybridized carbons (Fsp3) is 0.588. The van der Waals surface area contributed by atoms with Gasteiger partial charge in [0.05, 0.1) is 16.1 Å². The summed E-state index contributed by atoms with van der Waals surface area (Å²) >= 11 is 12.1. The molecule has 1 aromatic carbocycles. The highest BCUT2D eigenvalue weighted by atomic mass is 35.5. The lowest BCUT2D eigenvalue weighted by Crippen LogP contribution is -2.32. The van der Waals surface area contributed by atoms with E-state index in [0.29, 0.717) is 22.5 Å². The number of benzene rings is 1. The second-order valence-electron chi connectivity index (χ2n) is 6.25. The SMILES string of the molecule is Cl.O=C(CCC1CCCN1)N1CCCC1c1ccc(Cl)c(Cl)c1. The average molecular weight is 378 g/mol. The van der Waals surface area contributed by atoms with Crippen molar-refractivity contribution in [3.8, 4) is 0 Å². The molecule has 0 bridgehead atoms. The summed E-state index contributed by atoms with van der Waals surface area (Å²) in [6.07, 6.45) is 6.07. The molecule has 2 aliphatic heterocycles. The fourth-order valence-electron chi connectivity index (χ4n) is 3.58. The van der Waals surface area contributed by atoms with Gasteiger partial charge in [0, 0.05) is 19.0 Å². The van der Waals surface area contributed by atoms with E-state index in [1.165, 1.54) is 12.8 Å². The van der Waals surface area contributed by atoms with E-state index in [1.807, 2.05) is 23.1 Å². The minimum Gasteiger partial charge on any atom is -0.336 e. The highest BCUT2D eigenvalue weighted by Gasteiger charge is 2.30. The van der Waals surface area contributed by atoms with E-state index in [-0.39, 0.29) is 24.4 Å². The van der Waals surface area contributed by atoms with Gasteiger partial charge >= 0.3 is 0 Å². The summed E-state index contributed by atoms with van der Waals surface area (Å²) in [5, 5.41) is 4.58. The Labute approximate surface area is 154 Å². The molecular weight excluding hydrogens is 355 g/mol. The highest BCUT2D eigenvalue weighted by molar-refractivity contribution is 6.42. The number of halogens is 3. The molecule has 2 fully saturated rings. The molecule has 0 radical (unpaired) electrons. The summed E-state index contributed by atoms with van der Waals surface area (Å²) in [4.78, 5) is 14.6. The third-order valence-corrected chi connectivity index (χ3v) is 5.51. The Bertz CT molecular complexity index is 547. The van der Waals surface area contributed by atoms with Gasteiger partial charge in [0.25, 0.3) is 0 Å². The zero-order chi connectivity index (χ0) is 15.5. The van der Waals surface area contributed by atoms with Crippen LogP contribution in [0.15, 0.2) is 18.2 Å². The van der Waals surface area contributed by atoms with Gasteiger partial charge in [-0.25, -0.2) is 0 Å². The van der Waals surface area contributed by atoms with E-state index in [0.717, 1.165) is 37.9 Å². The maximum Gasteiger partial charge on any atom is 0.223 e. The number of hydrogen-bond donors (Lipinski definition) is 1. The van der Waals surface area contributed by atoms with Crippen molar-refractivity contribution in [2.75, 3.05) is 13.1 Å². The van der Waals surface area contributed by atoms with Gasteiger partial charge in [-0.1, -0.05) is 29.3 Å². The van der Waals surface area contributed by atoms with Crippen LogP contribution < -0.4 is 5.32 Å². The molecule has 3 nitrogen and oxygen atoms in total. The lowest BCUT2D eigenvalue weighted by atomic mass is 10.0. The van der Waals surface area contributed by atoms with Gasteiger partial charge in [-0.2, -0.15) is 0 Å². The highest BCUT2D eigenvalue weighted by Crippen LogP contribution is 2.35. The van der Waals surface area contributed by atoms with Crippen molar-refractivity contribution >= 4 is 41.5 Å². The molecule has 2 saturated heterocycles. The normalized spacial score (nSPS) is 23.8. The number of hydrogen-bond acceptors (Lipinski definition) is 2. The van der Waals surface area contributed by atoms with Gasteiger partial charge in [-0.15, -0.1) is 12.4 Å². The lowest BCUT2D eigenvalue weighted by molar-refractivity contribution is -0.132. The van der Waals surface area contributed by atoms with Crippen LogP contribution in [0.2, 0.25) is 10.0 Å². The monoisotopic (exact) mass is 376 g/mol. The van der Waals surface area contributed by atoms with Crippen molar-refractivity contribution in [1.29, 1.82) is 0 Å². The Balaban J connectivity index is 0.00000192. The molecule has 0 aromatic heterocycles. The van der Waals surface area contributed by atoms with E-state index >= 15 is 0 Å². The minimum atomic E-state index is 0. The number of rotatable bonds is 4. The van der Waals surface area contributed by atoms with Crippen LogP contribution in [0, 0.1) is 0 Å². The van der Waals surface area contributed by atoms with E-state index in [1.54, 1.807) is 0 Å². The average Bonchev–Trinajstić information content (AvgIpc) is 3.18. The molecule has 1 N–H and O–H groups in total. The zero-order valence-electron chi connectivity index (χ0n) is 13.1. The van der Waals surface area contributed by atoms with Crippen molar-refractivity contribution in [1.82, 2.24) is 10.2 Å². The molecule has 2 atom stereocenters. The summed E-state index contributed by atoms with van der Waals surface area (Å²) in [5.41, 5.74) is 1.10. The largest absolute Gasteiger partial charge is 0.336 e. The first-order chi connectivity index (χ1) is 10.6. The molecule has 2 unspecified atom stereocenters. The second-order valence-corrected chi connectivity index (χ2v) is 7.07. The van der Waals surface area contributed by atoms with Crippen LogP contribution >= 0.6 is 35.6 Å². The predicted octanol–water partition coefficient (Wildman–Crippen LogP) is 4.61. The van der Waals surface area contributed by atoms with E-state index in [4.69, 9.17) is 23.2 Å². The third-order valence-electron chi connectivity index (χ3n) is 4.77. The number of nitrogens with zero attached hydrogens (tertiary/aromatic N) is 1. The molecule has 6 heteroatoms. The van der Waals surface area contributed by atoms with Crippen molar-refractivity contribution in [2.24, 2.45) is 0 Å². The maximum atomic E-state index is 12.6. The van der Waals surface area contributed by atoms with Crippen molar-refractivity contribution < 1.29 is 4.79 Å². The van der Waals surface area contributed by atoms with Gasteiger partial charge in [0.2, 0.25) is 5.91 Å². The van der Waals surface area contributed by atoms with Crippen molar-refractivity contribution in [3.63, 3.8) is 0 Å². The van der Waals surface area contributed by atoms with Crippen molar-refractivity contribution in [2.45, 2.75) is 50.6 Å². The van der Waals surface area contributed by atoms with Crippen LogP contribution in [0.3, 0.4) is 0 Å². The second kappa shape index (κ2) is 8.57. The van der Waals surface area contributed by atoms with E-state index in [2.05, 4.69) is 5.32 Å². The van der Waals surface area contributed by atoms with Crippen molar-refractivity contribution in [3.05, 3.63) is 33.8 Å². The number of carbonyl (C=O) groups is 1. The Morgan fingerprint density at radius 2 is 2.04 bits per heavy atom. The Morgan fingerprint density at radius 1 is 1.22 bits per heavy atom. The number of nitrogens with one attached hydrogen (secondary N) is 1. The molecule has 0 spiro atoms. The van der Waals surface area contributed by atoms with Gasteiger partial charge < -0.3 is 10.2 Å². The smallest absolute Gasteiger partial charge is 0.223 e. The standard InChI is InChI=1S/C17H22Cl2N2O.ClH/c18-14-7-5-12(11-15(14)19)16-4-2-10-21(16)17(22)8-6-13-3-1-9-20-13;/h5,7,11,13,16,20H,1-4,6,8-10H2;1H. The van der Waals surface area contributed by atoms with Gasteiger partial charge in [0.15, 0.2) is 0 Å². The molecule has 23 heavy (non-hydrogen) atoms. The summed E-state index contributed by atoms with van der Waals surface area (Å²) in [7, 11) is 0. The van der Waals surface area contributed by atoms with Crippen LogP contribution in [0.1, 0.15) is 50.1 Å². The van der Waals surface area contributed by atoms with Gasteiger partial charge in [0.1, 0.15) is 0 Å². The molecule has 1 aromatic rings. The predicted molar refractivity (Wildman–Crippen MR) is 97.7 cm³/mol. The summed E-state index contributed by atoms with van der Waals surface area (Å²) < 4.78 is 0. The first-order valence-electron chi connectivity index (χ1n) is 8.13. The Hall–Kier alpha value is -0.480. The Morgan fingerprint density at radius 3 is 2.74 bits per heavy atom. The number of carbonyl (C=O) groups excluding carboxylic acids is 1. The lowest BCUT2D eigenvalue weighted by Gasteiger charge is -2.26. The molecule has 3 rings (SSSR count). The maximum absolute atomic E-state index is 12.6. The first-order valence-corrected chi connectivity index (χ1v) is 8.88. The van der Waals surface area contributed by atoms with Crippen LogP contribution in [0.5, 0.6) is 0 Å². The Kier molecular flexibility index (Phi) is 7.02. The molecule has 1 amide bonds. The summed E-state index contributed by atoms with van der Waals surface area (Å²) in [5.74, 6) is 0.266. The van der Waals surface area contributed by atoms with Crippen LogP contribution in [-0.2, 0) is 4.79 Å². The topological polar surface area (TPSA) is 32.3 Å². The zero-order valence-corrected chi connectivity index (χ0v) is 15.4. The van der Waals surface area contributed by atoms with Crippen LogP contribution in [-0.4, -0.2) is 29.9 Å². The molecule has 2 aliphatic rings. The van der Waals surface area contributed by atoms with Crippen LogP contribution in [0.4, 0.5) is 0 Å². The van der Waals surface area contributed by atoms with E-state index in [9.17, 15) is 4.79 Å². The first kappa shape index (κ1) is 18.9. The number of amides is 1. The fourth-order valence-corrected chi connectivity index (χ4v) is 3.88. The summed E-state index contributed by atoms with van der Waals surface area (Å²) in [6, 6.07) is 6.39. The molecular formula is C17H23Cl3N2O. The van der Waals surface area contributed by atoms with Crippen LogP contribution in [0.25, 0.3) is 0 Å². The van der Waals surface area contributed by atoms with E-state index < -0.39 is 0 Å².